The molecule has 1 heterocycles. The van der Waals surface area contributed by atoms with Gasteiger partial charge in [0.15, 0.2) is 0 Å². The van der Waals surface area contributed by atoms with E-state index >= 15 is 0 Å². The summed E-state index contributed by atoms with van der Waals surface area (Å²) >= 11 is 0. The molecule has 5 nitrogen and oxygen atoms in total. The molecule has 2 amide bonds. The number of amides is 2. The highest BCUT2D eigenvalue weighted by atomic mass is 16.2. The van der Waals surface area contributed by atoms with Gasteiger partial charge in [0.05, 0.1) is 6.54 Å². The van der Waals surface area contributed by atoms with Gasteiger partial charge < -0.3 is 14.8 Å². The zero-order chi connectivity index (χ0) is 25.0. The minimum Gasteiger partial charge on any atom is -0.361 e. The predicted molar refractivity (Wildman–Crippen MR) is 144 cm³/mol. The summed E-state index contributed by atoms with van der Waals surface area (Å²) in [7, 11) is 0. The van der Waals surface area contributed by atoms with Crippen LogP contribution >= 0.6 is 0 Å². The van der Waals surface area contributed by atoms with Crippen LogP contribution in [0.25, 0.3) is 10.9 Å². The second-order valence-electron chi connectivity index (χ2n) is 9.54. The number of aromatic amines is 1. The second kappa shape index (κ2) is 13.7. The summed E-state index contributed by atoms with van der Waals surface area (Å²) in [6.07, 6.45) is 8.45. The van der Waals surface area contributed by atoms with Gasteiger partial charge in [-0.15, -0.1) is 0 Å². The number of nitrogens with zero attached hydrogens (tertiary/aromatic N) is 2. The molecule has 0 saturated carbocycles. The molecular weight excluding hydrogens is 434 g/mol. The van der Waals surface area contributed by atoms with Crippen molar-refractivity contribution in [3.63, 3.8) is 0 Å². The number of aromatic nitrogens is 1. The molecule has 3 rings (SSSR count). The van der Waals surface area contributed by atoms with E-state index in [9.17, 15) is 9.59 Å². The zero-order valence-electron chi connectivity index (χ0n) is 21.7. The Kier molecular flexibility index (Phi) is 10.4. The van der Waals surface area contributed by atoms with E-state index in [1.807, 2.05) is 23.2 Å². The second-order valence-corrected chi connectivity index (χ2v) is 9.54. The Morgan fingerprint density at radius 3 is 2.34 bits per heavy atom. The maximum absolute atomic E-state index is 13.5. The molecular formula is C30H41N3O2. The number of H-pyrrole nitrogens is 1. The van der Waals surface area contributed by atoms with Crippen LogP contribution in [0.4, 0.5) is 0 Å². The van der Waals surface area contributed by atoms with Gasteiger partial charge in [0.1, 0.15) is 0 Å². The van der Waals surface area contributed by atoms with E-state index in [2.05, 4.69) is 62.2 Å². The lowest BCUT2D eigenvalue weighted by atomic mass is 10.1. The topological polar surface area (TPSA) is 56.4 Å². The van der Waals surface area contributed by atoms with Crippen LogP contribution in [0.5, 0.6) is 0 Å². The fourth-order valence-electron chi connectivity index (χ4n) is 4.49. The summed E-state index contributed by atoms with van der Waals surface area (Å²) in [5.74, 6) is 0.115. The Hall–Kier alpha value is -3.08. The van der Waals surface area contributed by atoms with Crippen LogP contribution in [0, 0.1) is 6.92 Å². The molecule has 0 bridgehead atoms. The van der Waals surface area contributed by atoms with E-state index in [1.165, 1.54) is 16.5 Å². The van der Waals surface area contributed by atoms with Crippen LogP contribution in [-0.4, -0.2) is 46.2 Å². The van der Waals surface area contributed by atoms with E-state index < -0.39 is 0 Å². The normalized spacial score (nSPS) is 11.1. The van der Waals surface area contributed by atoms with E-state index in [1.54, 1.807) is 4.90 Å². The molecule has 0 aliphatic heterocycles. The Labute approximate surface area is 210 Å². The highest BCUT2D eigenvalue weighted by Crippen LogP contribution is 2.19. The average molecular weight is 476 g/mol. The van der Waals surface area contributed by atoms with Gasteiger partial charge in [-0.1, -0.05) is 81.1 Å². The summed E-state index contributed by atoms with van der Waals surface area (Å²) in [4.78, 5) is 33.4. The van der Waals surface area contributed by atoms with E-state index in [-0.39, 0.29) is 18.4 Å². The maximum atomic E-state index is 13.5. The smallest absolute Gasteiger partial charge is 0.242 e. The van der Waals surface area contributed by atoms with Gasteiger partial charge in [-0.3, -0.25) is 9.59 Å². The summed E-state index contributed by atoms with van der Waals surface area (Å²) in [6, 6.07) is 16.6. The Morgan fingerprint density at radius 2 is 1.60 bits per heavy atom. The van der Waals surface area contributed by atoms with Gasteiger partial charge in [0.25, 0.3) is 0 Å². The van der Waals surface area contributed by atoms with E-state index in [4.69, 9.17) is 0 Å². The van der Waals surface area contributed by atoms with Crippen molar-refractivity contribution in [3.05, 3.63) is 71.4 Å². The molecule has 2 aromatic carbocycles. The molecule has 0 atom stereocenters. The lowest BCUT2D eigenvalue weighted by Gasteiger charge is -2.28. The number of hydrogen-bond donors (Lipinski definition) is 1. The van der Waals surface area contributed by atoms with Crippen LogP contribution in [0.1, 0.15) is 69.1 Å². The Morgan fingerprint density at radius 1 is 0.829 bits per heavy atom. The van der Waals surface area contributed by atoms with Crippen molar-refractivity contribution < 1.29 is 9.59 Å². The van der Waals surface area contributed by atoms with Gasteiger partial charge in [0, 0.05) is 43.2 Å². The van der Waals surface area contributed by atoms with E-state index in [0.29, 0.717) is 26.1 Å². The van der Waals surface area contributed by atoms with Crippen LogP contribution in [0.15, 0.2) is 54.7 Å². The van der Waals surface area contributed by atoms with E-state index in [0.717, 1.165) is 49.6 Å². The van der Waals surface area contributed by atoms with Gasteiger partial charge >= 0.3 is 0 Å². The van der Waals surface area contributed by atoms with Crippen molar-refractivity contribution >= 4 is 22.7 Å². The average Bonchev–Trinajstić information content (AvgIpc) is 3.28. The summed E-state index contributed by atoms with van der Waals surface area (Å²) in [5.41, 5.74) is 4.63. The first-order chi connectivity index (χ1) is 17.0. The molecule has 0 spiro atoms. The highest BCUT2D eigenvalue weighted by molar-refractivity contribution is 5.85. The van der Waals surface area contributed by atoms with Crippen molar-refractivity contribution in [1.29, 1.82) is 0 Å². The molecule has 1 aromatic heterocycles. The van der Waals surface area contributed by atoms with Crippen molar-refractivity contribution in [2.75, 3.05) is 19.6 Å². The molecule has 0 aliphatic rings. The molecule has 0 unspecified atom stereocenters. The zero-order valence-corrected chi connectivity index (χ0v) is 21.7. The number of unbranched alkanes of at least 4 members (excludes halogenated alkanes) is 3. The number of benzene rings is 2. The molecule has 188 valence electrons. The number of fused-ring (bicyclic) bond motifs is 1. The maximum Gasteiger partial charge on any atom is 0.242 e. The number of carbonyl (C=O) groups excluding carboxylic acids is 2. The van der Waals surface area contributed by atoms with Crippen LogP contribution in [0.2, 0.25) is 0 Å². The third kappa shape index (κ3) is 7.98. The van der Waals surface area contributed by atoms with Gasteiger partial charge in [0.2, 0.25) is 11.8 Å². The van der Waals surface area contributed by atoms with Gasteiger partial charge in [-0.2, -0.15) is 0 Å². The first-order valence-electron chi connectivity index (χ1n) is 13.2. The third-order valence-electron chi connectivity index (χ3n) is 6.59. The van der Waals surface area contributed by atoms with Crippen molar-refractivity contribution in [3.8, 4) is 0 Å². The summed E-state index contributed by atoms with van der Waals surface area (Å²) < 4.78 is 0. The molecule has 1 N–H and O–H groups in total. The standard InChI is InChI=1S/C30H41N3O2/c1-4-6-7-8-13-29(34)32(19-5-2)23-30(35)33(22-25-16-14-24(3)15-17-25)20-18-26-21-31-28-12-10-9-11-27(26)28/h9-12,14-17,21,31H,4-8,13,18-20,22-23H2,1-3H3. The van der Waals surface area contributed by atoms with Crippen molar-refractivity contribution in [2.24, 2.45) is 0 Å². The van der Waals surface area contributed by atoms with Crippen LogP contribution in [0.3, 0.4) is 0 Å². The number of carbonyl (C=O) groups is 2. The fourth-order valence-corrected chi connectivity index (χ4v) is 4.49. The van der Waals surface area contributed by atoms with Crippen LogP contribution < -0.4 is 0 Å². The minimum atomic E-state index is 0.0146. The van der Waals surface area contributed by atoms with Crippen LogP contribution in [-0.2, 0) is 22.6 Å². The SMILES string of the molecule is CCCCCCC(=O)N(CCC)CC(=O)N(CCc1c[nH]c2ccccc12)Cc1ccc(C)cc1. The lowest BCUT2D eigenvalue weighted by molar-refractivity contribution is -0.141. The Bertz CT molecular complexity index is 1070. The number of nitrogens with one attached hydrogen (secondary N) is 1. The molecule has 3 aromatic rings. The number of rotatable bonds is 14. The van der Waals surface area contributed by atoms with Crippen molar-refractivity contribution in [2.45, 2.75) is 72.3 Å². The number of aryl methyl sites for hydroxylation is 1. The number of para-hydroxylation sites is 1. The largest absolute Gasteiger partial charge is 0.361 e. The predicted octanol–water partition coefficient (Wildman–Crippen LogP) is 6.26. The highest BCUT2D eigenvalue weighted by Gasteiger charge is 2.21. The molecule has 5 heteroatoms. The third-order valence-corrected chi connectivity index (χ3v) is 6.59. The lowest BCUT2D eigenvalue weighted by Crippen LogP contribution is -2.43. The quantitative estimate of drug-likeness (QED) is 0.280. The fraction of sp³-hybridized carbons (Fsp3) is 0.467. The minimum absolute atomic E-state index is 0.0146. The monoisotopic (exact) mass is 475 g/mol. The molecule has 0 fully saturated rings. The molecule has 0 radical (unpaired) electrons. The molecule has 35 heavy (non-hydrogen) atoms. The molecule has 0 aliphatic carbocycles. The Balaban J connectivity index is 1.71. The summed E-state index contributed by atoms with van der Waals surface area (Å²) in [6.45, 7) is 8.23. The van der Waals surface area contributed by atoms with Crippen molar-refractivity contribution in [1.82, 2.24) is 14.8 Å². The van der Waals surface area contributed by atoms with Gasteiger partial charge in [-0.25, -0.2) is 0 Å². The number of hydrogen-bond acceptors (Lipinski definition) is 2. The van der Waals surface area contributed by atoms with Gasteiger partial charge in [-0.05, 0) is 43.4 Å². The molecule has 0 saturated heterocycles. The first kappa shape index (κ1) is 26.5. The first-order valence-corrected chi connectivity index (χ1v) is 13.2. The summed E-state index contributed by atoms with van der Waals surface area (Å²) in [5, 5.41) is 1.20.